The molecular formula is C120H163N21O4. The molecule has 8 N–H and O–H groups in total. The number of rotatable bonds is 26. The predicted octanol–water partition coefficient (Wildman–Crippen LogP) is 24.3. The van der Waals surface area contributed by atoms with Crippen LogP contribution in [-0.2, 0) is 6.54 Å². The lowest BCUT2D eigenvalue weighted by Crippen LogP contribution is -2.37. The number of hydrogen-bond acceptors (Lipinski definition) is 21. The average Bonchev–Trinajstić information content (AvgIpc) is 1.63. The summed E-state index contributed by atoms with van der Waals surface area (Å²) in [5, 5.41) is 59.3. The molecule has 13 aromatic rings. The lowest BCUT2D eigenvalue weighted by atomic mass is 9.86. The molecule has 4 aliphatic heterocycles. The number of benzene rings is 4. The van der Waals surface area contributed by atoms with Crippen LogP contribution < -0.4 is 21.3 Å². The molecule has 0 bridgehead atoms. The van der Waals surface area contributed by atoms with E-state index in [9.17, 15) is 20.4 Å². The van der Waals surface area contributed by atoms with Gasteiger partial charge in [-0.15, -0.1) is 0 Å². The molecule has 772 valence electrons. The van der Waals surface area contributed by atoms with Crippen molar-refractivity contribution in [3.63, 3.8) is 0 Å². The highest BCUT2D eigenvalue weighted by molar-refractivity contribution is 5.85. The smallest absolute Gasteiger partial charge is 0.225 e. The van der Waals surface area contributed by atoms with Crippen LogP contribution in [0.5, 0.6) is 0 Å². The number of hydrogen-bond donors (Lipinski definition) is 8. The third-order valence-corrected chi connectivity index (χ3v) is 34.2. The highest BCUT2D eigenvalue weighted by atomic mass is 16.3. The molecule has 5 saturated carbocycles. The molecular weight excluding hydrogens is 1800 g/mol. The molecule has 25 heteroatoms. The van der Waals surface area contributed by atoms with Gasteiger partial charge < -0.3 is 74.7 Å². The fraction of sp³-hybridized carbons (Fsp3) is 0.558. The first kappa shape index (κ1) is 103. The van der Waals surface area contributed by atoms with E-state index in [-0.39, 0.29) is 48.6 Å². The van der Waals surface area contributed by atoms with Crippen molar-refractivity contribution in [2.45, 2.75) is 358 Å². The SMILES string of the molecule is CC(C)N1CCC(c2cn(C3CCC(O)CC3)c3nc(N[C@@H](C)c4ccccc4)ncc23)CC1.CCN1CCC(c2cn(C3CCC(O)CC3)c3nc(N[C@@H](C)c4ccccc4)ncc23)CC1.C[C@H](Nc1ncc2c(C3CCN(CC4CCCCC4)CC3)cn(C3CCC(O)CC3)c2n1)c1ccccc1.Cc1cc(CN2CCC(c3cn(C4CCC(O)CC4)c4nc(N[C@@H](C)c5ccccc5)ncc34)CC2)cc(C)n1. The van der Waals surface area contributed by atoms with Crippen molar-refractivity contribution in [3.8, 4) is 0 Å². The summed E-state index contributed by atoms with van der Waals surface area (Å²) in [5.41, 5.74) is 18.3. The molecule has 145 heavy (non-hydrogen) atoms. The minimum atomic E-state index is -0.173. The van der Waals surface area contributed by atoms with Gasteiger partial charge in [-0.1, -0.05) is 148 Å². The van der Waals surface area contributed by atoms with Crippen LogP contribution >= 0.6 is 0 Å². The van der Waals surface area contributed by atoms with Gasteiger partial charge in [0.2, 0.25) is 23.8 Å². The third kappa shape index (κ3) is 25.7. The van der Waals surface area contributed by atoms with Crippen LogP contribution in [0.15, 0.2) is 183 Å². The minimum absolute atomic E-state index is 0.114. The summed E-state index contributed by atoms with van der Waals surface area (Å²) in [4.78, 5) is 54.4. The van der Waals surface area contributed by atoms with Gasteiger partial charge in [-0.25, -0.2) is 19.9 Å². The summed E-state index contributed by atoms with van der Waals surface area (Å²) in [6, 6.07) is 48.9. The molecule has 9 fully saturated rings. The van der Waals surface area contributed by atoms with Crippen molar-refractivity contribution < 1.29 is 20.4 Å². The zero-order valence-corrected chi connectivity index (χ0v) is 87.9. The summed E-state index contributed by atoms with van der Waals surface area (Å²) in [6.07, 6.45) is 48.7. The first-order valence-electron chi connectivity index (χ1n) is 56.0. The lowest BCUT2D eigenvalue weighted by molar-refractivity contribution is 0.111. The Kier molecular flexibility index (Phi) is 34.5. The second-order valence-corrected chi connectivity index (χ2v) is 44.6. The fourth-order valence-electron chi connectivity index (χ4n) is 25.4. The van der Waals surface area contributed by atoms with E-state index in [1.165, 1.54) is 175 Å². The molecule has 25 nitrogen and oxygen atoms in total. The number of aliphatic hydroxyl groups excluding tert-OH is 4. The van der Waals surface area contributed by atoms with E-state index in [2.05, 4.69) is 273 Å². The number of likely N-dealkylation sites (tertiary alicyclic amines) is 4. The van der Waals surface area contributed by atoms with Gasteiger partial charge in [-0.05, 0) is 373 Å². The van der Waals surface area contributed by atoms with E-state index in [1.54, 1.807) is 0 Å². The molecule has 13 heterocycles. The molecule has 0 unspecified atom stereocenters. The Morgan fingerprint density at radius 3 is 0.855 bits per heavy atom. The van der Waals surface area contributed by atoms with Crippen LogP contribution in [0, 0.1) is 19.8 Å². The van der Waals surface area contributed by atoms with Gasteiger partial charge in [0, 0.05) is 126 Å². The first-order valence-corrected chi connectivity index (χ1v) is 56.0. The number of aryl methyl sites for hydroxylation is 2. The van der Waals surface area contributed by atoms with Crippen LogP contribution in [0.3, 0.4) is 0 Å². The number of piperidine rings is 4. The van der Waals surface area contributed by atoms with Crippen molar-refractivity contribution in [2.75, 3.05) is 86.7 Å². The monoisotopic (exact) mass is 1960 g/mol. The van der Waals surface area contributed by atoms with Crippen molar-refractivity contribution in [1.82, 2.24) is 82.7 Å². The number of aromatic nitrogens is 13. The molecule has 9 aromatic heterocycles. The minimum Gasteiger partial charge on any atom is -0.393 e. The van der Waals surface area contributed by atoms with E-state index in [1.807, 2.05) is 36.8 Å². The molecule has 22 rings (SSSR count). The van der Waals surface area contributed by atoms with Crippen LogP contribution in [0.25, 0.3) is 44.1 Å². The number of nitrogens with one attached hydrogen (secondary N) is 4. The largest absolute Gasteiger partial charge is 0.393 e. The van der Waals surface area contributed by atoms with Gasteiger partial charge in [0.05, 0.1) is 48.6 Å². The maximum absolute atomic E-state index is 10.2. The van der Waals surface area contributed by atoms with Gasteiger partial charge in [0.25, 0.3) is 0 Å². The molecule has 0 radical (unpaired) electrons. The fourth-order valence-corrected chi connectivity index (χ4v) is 25.4. The van der Waals surface area contributed by atoms with E-state index in [4.69, 9.17) is 39.9 Å². The Hall–Kier alpha value is -10.6. The molecule has 0 spiro atoms. The van der Waals surface area contributed by atoms with Crippen molar-refractivity contribution in [3.05, 3.63) is 244 Å². The first-order chi connectivity index (χ1) is 70.7. The maximum Gasteiger partial charge on any atom is 0.225 e. The number of anilines is 4. The third-order valence-electron chi connectivity index (χ3n) is 34.2. The number of pyridine rings is 1. The summed E-state index contributed by atoms with van der Waals surface area (Å²) in [5.74, 6) is 5.83. The Balaban J connectivity index is 0.000000123. The Labute approximate surface area is 860 Å². The lowest BCUT2D eigenvalue weighted by Gasteiger charge is -2.35. The van der Waals surface area contributed by atoms with Crippen molar-refractivity contribution in [2.24, 2.45) is 5.92 Å². The van der Waals surface area contributed by atoms with Gasteiger partial charge in [0.15, 0.2) is 0 Å². The normalized spacial score (nSPS) is 23.4. The average molecular weight is 1960 g/mol. The van der Waals surface area contributed by atoms with Crippen molar-refractivity contribution in [1.29, 1.82) is 0 Å². The predicted molar refractivity (Wildman–Crippen MR) is 587 cm³/mol. The van der Waals surface area contributed by atoms with E-state index in [0.717, 1.165) is 195 Å². The second-order valence-electron chi connectivity index (χ2n) is 44.6. The molecule has 4 saturated heterocycles. The quantitative estimate of drug-likeness (QED) is 0.0250. The highest BCUT2D eigenvalue weighted by Gasteiger charge is 2.37. The van der Waals surface area contributed by atoms with Crippen LogP contribution in [-0.4, -0.2) is 199 Å². The van der Waals surface area contributed by atoms with E-state index < -0.39 is 0 Å². The molecule has 0 amide bonds. The molecule has 4 atom stereocenters. The summed E-state index contributed by atoms with van der Waals surface area (Å²) >= 11 is 0. The zero-order chi connectivity index (χ0) is 100.0. The van der Waals surface area contributed by atoms with Crippen LogP contribution in [0.2, 0.25) is 0 Å². The van der Waals surface area contributed by atoms with Crippen LogP contribution in [0.4, 0.5) is 23.8 Å². The van der Waals surface area contributed by atoms with E-state index >= 15 is 0 Å². The second kappa shape index (κ2) is 48.6. The molecule has 4 aromatic carbocycles. The van der Waals surface area contributed by atoms with Gasteiger partial charge >= 0.3 is 0 Å². The maximum atomic E-state index is 10.2. The van der Waals surface area contributed by atoms with Gasteiger partial charge in [-0.3, -0.25) is 9.88 Å². The summed E-state index contributed by atoms with van der Waals surface area (Å²) in [6.45, 7) is 32.3. The number of fused-ring (bicyclic) bond motifs is 4. The summed E-state index contributed by atoms with van der Waals surface area (Å²) < 4.78 is 9.66. The Morgan fingerprint density at radius 2 is 0.579 bits per heavy atom. The topological polar surface area (TPSA) is 278 Å². The Morgan fingerprint density at radius 1 is 0.310 bits per heavy atom. The van der Waals surface area contributed by atoms with Gasteiger partial charge in [-0.2, -0.15) is 19.9 Å². The molecule has 9 aliphatic rings. The standard InChI is InChI=1S/C33H42N6O.C32H45N5O.C28H39N5O.C27H37N5O/c1-22-17-25(18-23(2)35-22)20-38-15-13-27(14-16-38)31-21-39(28-9-11-29(40)12-10-28)32-30(31)19-34-33(37-32)36-24(3)26-7-5-4-6-8-26;1-23(25-10-6-3-7-11-25)34-32-33-20-29-30(22-37(31(29)35-32)27-12-14-28(38)15-13-27)26-16-18-36(19-17-26)21-24-8-4-2-5-9-24;1-19(2)32-15-13-22(14-16-32)26-18-33(23-9-11-24(34)12-10-23)27-25(26)17-29-28(31-27)30-20(3)21-7-5-4-6-8-21;1-3-31-15-13-21(14-16-31)25-18-32(22-9-11-23(33)12-10-22)26-24(25)17-28-27(30-26)29-19(2)20-7-5-4-6-8-20/h4-8,17-19,21,24,27-29,40H,9-16,20H2,1-3H3,(H,34,36,37);3,6-7,10-11,20,22-24,26-28,38H,2,4-5,8-9,12-19,21H2,1H3,(H,33,34,35);4-8,17-20,22-24,34H,9-16H2,1-3H3,(H,29,30,31);4-8,17-19,21-23,33H,3,9-16H2,1-2H3,(H,28,29,30)/t24-,28?,29?;23-,27?,28?;20-,23?,24?;19-,22?,23?/m0000/s1. The van der Waals surface area contributed by atoms with Crippen LogP contribution in [0.1, 0.15) is 368 Å². The zero-order valence-electron chi connectivity index (χ0n) is 87.9. The Bertz CT molecular complexity index is 6220. The number of nitrogens with zero attached hydrogens (tertiary/aromatic N) is 17. The van der Waals surface area contributed by atoms with Crippen molar-refractivity contribution >= 4 is 67.9 Å². The summed E-state index contributed by atoms with van der Waals surface area (Å²) in [7, 11) is 0. The number of aliphatic hydroxyl groups is 4. The van der Waals surface area contributed by atoms with E-state index in [0.29, 0.717) is 77.7 Å². The highest BCUT2D eigenvalue weighted by Crippen LogP contribution is 2.46. The van der Waals surface area contributed by atoms with Gasteiger partial charge in [0.1, 0.15) is 22.6 Å². The molecule has 5 aliphatic carbocycles.